The molecule has 6 nitrogen and oxygen atoms in total. The molecule has 146 valence electrons. The summed E-state index contributed by atoms with van der Waals surface area (Å²) in [7, 11) is 0. The summed E-state index contributed by atoms with van der Waals surface area (Å²) < 4.78 is 42.7. The molecule has 0 aliphatic carbocycles. The fraction of sp³-hybridized carbons (Fsp3) is 0.211. The predicted octanol–water partition coefficient (Wildman–Crippen LogP) is 1.67. The van der Waals surface area contributed by atoms with E-state index in [4.69, 9.17) is 9.47 Å². The van der Waals surface area contributed by atoms with E-state index in [1.54, 1.807) is 48.5 Å². The van der Waals surface area contributed by atoms with Crippen LogP contribution >= 0.6 is 0 Å². The Hall–Kier alpha value is -2.41. The number of hydrogen-bond acceptors (Lipinski definition) is 6. The summed E-state index contributed by atoms with van der Waals surface area (Å²) in [5.74, 6) is -6.57. The second-order valence-corrected chi connectivity index (χ2v) is 10.7. The fourth-order valence-corrected chi connectivity index (χ4v) is 5.53. The summed E-state index contributed by atoms with van der Waals surface area (Å²) >= 11 is -2.21. The third-order valence-corrected chi connectivity index (χ3v) is 7.54. The van der Waals surface area contributed by atoms with Crippen molar-refractivity contribution in [1.29, 1.82) is 0 Å². The molecule has 0 N–H and O–H groups in total. The summed E-state index contributed by atoms with van der Waals surface area (Å²) in [6.07, 6.45) is -3.70. The summed E-state index contributed by atoms with van der Waals surface area (Å²) in [6.45, 7) is -0.647. The SMILES string of the molecule is O=[C](O[C@H]1[C@@H](COC(=O)c2ccccc2)OC(=O)C1(F)F)[BiH][c]1ccccc1. The third-order valence-electron chi connectivity index (χ3n) is 3.87. The molecule has 2 atom stereocenters. The molecular formula is C19H15BiF2O6. The van der Waals surface area contributed by atoms with E-state index in [1.807, 2.05) is 0 Å². The molecule has 1 aliphatic rings. The van der Waals surface area contributed by atoms with E-state index in [2.05, 4.69) is 4.74 Å². The van der Waals surface area contributed by atoms with E-state index in [0.717, 1.165) is 3.27 Å². The number of halogens is 2. The first-order valence-corrected chi connectivity index (χ1v) is 12.1. The molecule has 0 unspecified atom stereocenters. The number of benzene rings is 2. The molecule has 2 aromatic rings. The Morgan fingerprint density at radius 3 is 2.29 bits per heavy atom. The van der Waals surface area contributed by atoms with Crippen molar-refractivity contribution in [3.8, 4) is 0 Å². The van der Waals surface area contributed by atoms with Crippen LogP contribution in [0.1, 0.15) is 10.4 Å². The van der Waals surface area contributed by atoms with Gasteiger partial charge in [-0.15, -0.1) is 0 Å². The quantitative estimate of drug-likeness (QED) is 0.292. The van der Waals surface area contributed by atoms with Crippen LogP contribution < -0.4 is 3.27 Å². The Morgan fingerprint density at radius 1 is 1.04 bits per heavy atom. The molecule has 28 heavy (non-hydrogen) atoms. The van der Waals surface area contributed by atoms with Gasteiger partial charge in [-0.2, -0.15) is 0 Å². The molecule has 1 saturated heterocycles. The van der Waals surface area contributed by atoms with Gasteiger partial charge in [0.2, 0.25) is 0 Å². The van der Waals surface area contributed by atoms with Crippen molar-refractivity contribution < 1.29 is 37.4 Å². The molecule has 9 heteroatoms. The minimum atomic E-state index is -4.00. The van der Waals surface area contributed by atoms with Crippen molar-refractivity contribution in [2.75, 3.05) is 6.61 Å². The maximum absolute atomic E-state index is 14.1. The van der Waals surface area contributed by atoms with Crippen molar-refractivity contribution in [3.05, 3.63) is 66.2 Å². The van der Waals surface area contributed by atoms with Gasteiger partial charge >= 0.3 is 170 Å². The summed E-state index contributed by atoms with van der Waals surface area (Å²) in [5, 5.41) is 0. The average Bonchev–Trinajstić information content (AvgIpc) is 2.90. The Morgan fingerprint density at radius 2 is 1.64 bits per heavy atom. The van der Waals surface area contributed by atoms with Crippen LogP contribution in [0.5, 0.6) is 0 Å². The normalized spacial score (nSPS) is 20.3. The first-order chi connectivity index (χ1) is 13.4. The average molecular weight is 586 g/mol. The maximum atomic E-state index is 14.1. The van der Waals surface area contributed by atoms with Crippen LogP contribution in [-0.4, -0.2) is 63.6 Å². The number of carbonyl (C=O) groups excluding carboxylic acids is 3. The summed E-state index contributed by atoms with van der Waals surface area (Å²) in [5.41, 5.74) is 0.214. The molecule has 1 heterocycles. The van der Waals surface area contributed by atoms with Crippen LogP contribution in [0, 0.1) is 0 Å². The van der Waals surface area contributed by atoms with Crippen LogP contribution in [0.25, 0.3) is 0 Å². The van der Waals surface area contributed by atoms with E-state index in [0.29, 0.717) is 0 Å². The van der Waals surface area contributed by atoms with Crippen LogP contribution in [0.2, 0.25) is 0 Å². The van der Waals surface area contributed by atoms with Gasteiger partial charge in [0.05, 0.1) is 0 Å². The number of carbonyl (C=O) groups is 3. The minimum absolute atomic E-state index is 0.214. The van der Waals surface area contributed by atoms with Gasteiger partial charge in [-0.05, 0) is 0 Å². The van der Waals surface area contributed by atoms with Gasteiger partial charge in [0, 0.05) is 0 Å². The molecule has 0 spiro atoms. The van der Waals surface area contributed by atoms with E-state index in [-0.39, 0.29) is 5.56 Å². The monoisotopic (exact) mass is 586 g/mol. The van der Waals surface area contributed by atoms with Crippen LogP contribution in [-0.2, 0) is 19.0 Å². The molecule has 1 fully saturated rings. The molecule has 0 radical (unpaired) electrons. The van der Waals surface area contributed by atoms with Gasteiger partial charge in [-0.1, -0.05) is 0 Å². The first kappa shape index (κ1) is 20.3. The molecule has 0 bridgehead atoms. The number of alkyl halides is 2. The van der Waals surface area contributed by atoms with E-state index in [9.17, 15) is 23.2 Å². The van der Waals surface area contributed by atoms with E-state index < -0.39 is 63.6 Å². The van der Waals surface area contributed by atoms with Crippen molar-refractivity contribution in [3.63, 3.8) is 0 Å². The Bertz CT molecular complexity index is 859. The van der Waals surface area contributed by atoms with Gasteiger partial charge in [-0.25, -0.2) is 0 Å². The van der Waals surface area contributed by atoms with Crippen LogP contribution in [0.3, 0.4) is 0 Å². The summed E-state index contributed by atoms with van der Waals surface area (Å²) in [6, 6.07) is 16.6. The molecule has 1 aliphatic heterocycles. The topological polar surface area (TPSA) is 78.9 Å². The van der Waals surface area contributed by atoms with Crippen molar-refractivity contribution in [2.24, 2.45) is 0 Å². The van der Waals surface area contributed by atoms with Gasteiger partial charge in [-0.3, -0.25) is 0 Å². The second kappa shape index (κ2) is 8.73. The zero-order chi connectivity index (χ0) is 20.1. The molecule has 2 aromatic carbocycles. The molecule has 3 rings (SSSR count). The first-order valence-electron chi connectivity index (χ1n) is 8.21. The molecule has 0 aromatic heterocycles. The van der Waals surface area contributed by atoms with Gasteiger partial charge < -0.3 is 0 Å². The third kappa shape index (κ3) is 4.70. The van der Waals surface area contributed by atoms with Crippen LogP contribution in [0.15, 0.2) is 60.7 Å². The summed E-state index contributed by atoms with van der Waals surface area (Å²) in [4.78, 5) is 35.6. The Balaban J connectivity index is 1.65. The number of esters is 2. The number of hydrogen-bond donors (Lipinski definition) is 0. The Labute approximate surface area is 170 Å². The molecular weight excluding hydrogens is 571 g/mol. The van der Waals surface area contributed by atoms with Crippen molar-refractivity contribution in [2.45, 2.75) is 18.1 Å². The van der Waals surface area contributed by atoms with Gasteiger partial charge in [0.1, 0.15) is 0 Å². The number of rotatable bonds is 6. The zero-order valence-electron chi connectivity index (χ0n) is 14.3. The number of cyclic esters (lactones) is 1. The Kier molecular flexibility index (Phi) is 6.34. The van der Waals surface area contributed by atoms with Crippen molar-refractivity contribution >= 4 is 42.1 Å². The standard InChI is InChI=1S/C13H9F2O6.C6H5.Bi.H/c14-13(15)10(20-7-16)9(21-12(13)18)6-19-11(17)8-4-2-1-3-5-8;1-2-4-6-5-3-1;;/h1-5,9-10H,6H2;1-5H;;/t9-,10+;;;/m1.../s1. The number of ether oxygens (including phenoxy) is 3. The van der Waals surface area contributed by atoms with E-state index >= 15 is 0 Å². The van der Waals surface area contributed by atoms with Crippen LogP contribution in [0.4, 0.5) is 13.6 Å². The van der Waals surface area contributed by atoms with E-state index in [1.165, 1.54) is 12.1 Å². The predicted molar refractivity (Wildman–Crippen MR) is 95.0 cm³/mol. The fourth-order valence-electron chi connectivity index (χ4n) is 2.50. The molecule has 0 saturated carbocycles. The van der Waals surface area contributed by atoms with Gasteiger partial charge in [0.15, 0.2) is 0 Å². The molecule has 0 amide bonds. The second-order valence-electron chi connectivity index (χ2n) is 5.85. The van der Waals surface area contributed by atoms with Gasteiger partial charge in [0.25, 0.3) is 0 Å². The zero-order valence-corrected chi connectivity index (χ0v) is 18.2. The van der Waals surface area contributed by atoms with Crippen molar-refractivity contribution in [1.82, 2.24) is 0 Å².